The molecule has 0 heterocycles. The van der Waals surface area contributed by atoms with E-state index < -0.39 is 0 Å². The molecule has 0 N–H and O–H groups in total. The van der Waals surface area contributed by atoms with Gasteiger partial charge in [0.1, 0.15) is 5.83 Å². The summed E-state index contributed by atoms with van der Waals surface area (Å²) in [6, 6.07) is 0. The van der Waals surface area contributed by atoms with Crippen molar-refractivity contribution in [3.05, 3.63) is 35.7 Å². The molecule has 11 heavy (non-hydrogen) atoms. The SMILES string of the molecule is CCCC1=CC=C(F)C=CC1. The second-order valence-corrected chi connectivity index (χ2v) is 2.73. The first-order valence-electron chi connectivity index (χ1n) is 4.04. The van der Waals surface area contributed by atoms with Crippen LogP contribution < -0.4 is 0 Å². The van der Waals surface area contributed by atoms with Crippen LogP contribution in [0.4, 0.5) is 4.39 Å². The van der Waals surface area contributed by atoms with Gasteiger partial charge in [0.25, 0.3) is 0 Å². The molecule has 0 saturated heterocycles. The largest absolute Gasteiger partial charge is 0.207 e. The summed E-state index contributed by atoms with van der Waals surface area (Å²) in [6.07, 6.45) is 9.94. The Kier molecular flexibility index (Phi) is 3.09. The summed E-state index contributed by atoms with van der Waals surface area (Å²) in [5.41, 5.74) is 1.32. The van der Waals surface area contributed by atoms with Crippen LogP contribution in [0.2, 0.25) is 0 Å². The fourth-order valence-corrected chi connectivity index (χ4v) is 1.15. The van der Waals surface area contributed by atoms with Crippen molar-refractivity contribution in [3.63, 3.8) is 0 Å². The summed E-state index contributed by atoms with van der Waals surface area (Å²) in [4.78, 5) is 0. The van der Waals surface area contributed by atoms with Crippen molar-refractivity contribution in [3.8, 4) is 0 Å². The summed E-state index contributed by atoms with van der Waals surface area (Å²) in [5.74, 6) is -0.142. The monoisotopic (exact) mass is 152 g/mol. The molecule has 0 saturated carbocycles. The molecule has 0 aliphatic heterocycles. The zero-order valence-electron chi connectivity index (χ0n) is 6.81. The molecule has 0 spiro atoms. The quantitative estimate of drug-likeness (QED) is 0.567. The smallest absolute Gasteiger partial charge is 0.122 e. The molecule has 1 aliphatic rings. The van der Waals surface area contributed by atoms with Crippen molar-refractivity contribution < 1.29 is 4.39 Å². The Bertz CT molecular complexity index is 209. The maximum atomic E-state index is 12.6. The molecule has 0 radical (unpaired) electrons. The van der Waals surface area contributed by atoms with Gasteiger partial charge in [-0.1, -0.05) is 31.1 Å². The Labute approximate surface area is 67.1 Å². The second-order valence-electron chi connectivity index (χ2n) is 2.73. The summed E-state index contributed by atoms with van der Waals surface area (Å²) < 4.78 is 12.6. The molecular formula is C10H13F. The minimum Gasteiger partial charge on any atom is -0.207 e. The Balaban J connectivity index is 2.62. The molecule has 0 aromatic heterocycles. The average molecular weight is 152 g/mol. The molecular weight excluding hydrogens is 139 g/mol. The van der Waals surface area contributed by atoms with Crippen molar-refractivity contribution >= 4 is 0 Å². The van der Waals surface area contributed by atoms with Gasteiger partial charge < -0.3 is 0 Å². The third-order valence-electron chi connectivity index (χ3n) is 1.71. The molecule has 0 aromatic rings. The van der Waals surface area contributed by atoms with Crippen LogP contribution in [-0.2, 0) is 0 Å². The predicted molar refractivity (Wildman–Crippen MR) is 45.9 cm³/mol. The fraction of sp³-hybridized carbons (Fsp3) is 0.400. The van der Waals surface area contributed by atoms with E-state index in [1.54, 1.807) is 0 Å². The number of halogens is 1. The predicted octanol–water partition coefficient (Wildman–Crippen LogP) is 3.53. The Morgan fingerprint density at radius 2 is 2.27 bits per heavy atom. The third kappa shape index (κ3) is 2.71. The second kappa shape index (κ2) is 4.12. The average Bonchev–Trinajstić information content (AvgIpc) is 2.17. The van der Waals surface area contributed by atoms with E-state index in [0.29, 0.717) is 0 Å². The van der Waals surface area contributed by atoms with Crippen LogP contribution in [0, 0.1) is 0 Å². The third-order valence-corrected chi connectivity index (χ3v) is 1.71. The van der Waals surface area contributed by atoms with Gasteiger partial charge in [0.15, 0.2) is 0 Å². The van der Waals surface area contributed by atoms with E-state index in [9.17, 15) is 4.39 Å². The van der Waals surface area contributed by atoms with E-state index in [2.05, 4.69) is 6.92 Å². The standard InChI is InChI=1S/C10H13F/c1-2-4-9-5-3-6-10(11)8-7-9/h3,6-8H,2,4-5H2,1H3. The first-order chi connectivity index (χ1) is 5.33. The Morgan fingerprint density at radius 3 is 3.00 bits per heavy atom. The lowest BCUT2D eigenvalue weighted by atomic mass is 10.1. The summed E-state index contributed by atoms with van der Waals surface area (Å²) in [5, 5.41) is 0. The van der Waals surface area contributed by atoms with E-state index in [1.165, 1.54) is 17.7 Å². The van der Waals surface area contributed by atoms with Crippen LogP contribution >= 0.6 is 0 Å². The highest BCUT2D eigenvalue weighted by Gasteiger charge is 1.96. The summed E-state index contributed by atoms with van der Waals surface area (Å²) in [6.45, 7) is 2.13. The molecule has 0 amide bonds. The highest BCUT2D eigenvalue weighted by molar-refractivity contribution is 5.26. The van der Waals surface area contributed by atoms with E-state index in [4.69, 9.17) is 0 Å². The van der Waals surface area contributed by atoms with E-state index >= 15 is 0 Å². The molecule has 0 nitrogen and oxygen atoms in total. The molecule has 1 heteroatoms. The number of rotatable bonds is 2. The summed E-state index contributed by atoms with van der Waals surface area (Å²) in [7, 11) is 0. The molecule has 0 unspecified atom stereocenters. The number of hydrogen-bond acceptors (Lipinski definition) is 0. The van der Waals surface area contributed by atoms with Crippen molar-refractivity contribution in [2.75, 3.05) is 0 Å². The fourth-order valence-electron chi connectivity index (χ4n) is 1.15. The topological polar surface area (TPSA) is 0 Å². The van der Waals surface area contributed by atoms with Crippen molar-refractivity contribution in [1.29, 1.82) is 0 Å². The van der Waals surface area contributed by atoms with E-state index in [1.807, 2.05) is 12.2 Å². The van der Waals surface area contributed by atoms with Crippen LogP contribution in [0.3, 0.4) is 0 Å². The van der Waals surface area contributed by atoms with Crippen molar-refractivity contribution in [2.45, 2.75) is 26.2 Å². The van der Waals surface area contributed by atoms with E-state index in [0.717, 1.165) is 19.3 Å². The minimum atomic E-state index is -0.142. The Morgan fingerprint density at radius 1 is 1.45 bits per heavy atom. The molecule has 0 fully saturated rings. The molecule has 0 bridgehead atoms. The van der Waals surface area contributed by atoms with Crippen LogP contribution in [-0.4, -0.2) is 0 Å². The van der Waals surface area contributed by atoms with Gasteiger partial charge in [-0.05, 0) is 25.0 Å². The van der Waals surface area contributed by atoms with Gasteiger partial charge in [0.2, 0.25) is 0 Å². The lowest BCUT2D eigenvalue weighted by Crippen LogP contribution is -1.78. The maximum absolute atomic E-state index is 12.6. The van der Waals surface area contributed by atoms with E-state index in [-0.39, 0.29) is 5.83 Å². The highest BCUT2D eigenvalue weighted by atomic mass is 19.1. The Hall–Kier alpha value is -0.850. The minimum absolute atomic E-state index is 0.142. The summed E-state index contributed by atoms with van der Waals surface area (Å²) >= 11 is 0. The van der Waals surface area contributed by atoms with Crippen molar-refractivity contribution in [1.82, 2.24) is 0 Å². The van der Waals surface area contributed by atoms with Gasteiger partial charge >= 0.3 is 0 Å². The van der Waals surface area contributed by atoms with Crippen LogP contribution in [0.15, 0.2) is 35.7 Å². The molecule has 1 rings (SSSR count). The first kappa shape index (κ1) is 8.25. The maximum Gasteiger partial charge on any atom is 0.122 e. The van der Waals surface area contributed by atoms with Gasteiger partial charge in [-0.25, -0.2) is 4.39 Å². The lowest BCUT2D eigenvalue weighted by Gasteiger charge is -1.97. The van der Waals surface area contributed by atoms with Gasteiger partial charge in [-0.2, -0.15) is 0 Å². The molecule has 0 atom stereocenters. The zero-order chi connectivity index (χ0) is 8.10. The van der Waals surface area contributed by atoms with Crippen molar-refractivity contribution in [2.24, 2.45) is 0 Å². The number of allylic oxidation sites excluding steroid dienone is 6. The van der Waals surface area contributed by atoms with Gasteiger partial charge in [0.05, 0.1) is 0 Å². The normalized spacial score (nSPS) is 17.3. The molecule has 60 valence electrons. The molecule has 0 aromatic carbocycles. The number of hydrogen-bond donors (Lipinski definition) is 0. The lowest BCUT2D eigenvalue weighted by molar-refractivity contribution is 0.667. The van der Waals surface area contributed by atoms with Gasteiger partial charge in [0, 0.05) is 0 Å². The van der Waals surface area contributed by atoms with Crippen LogP contribution in [0.25, 0.3) is 0 Å². The van der Waals surface area contributed by atoms with Crippen LogP contribution in [0.5, 0.6) is 0 Å². The first-order valence-corrected chi connectivity index (χ1v) is 4.04. The van der Waals surface area contributed by atoms with Gasteiger partial charge in [-0.3, -0.25) is 0 Å². The van der Waals surface area contributed by atoms with Gasteiger partial charge in [-0.15, -0.1) is 0 Å². The molecule has 1 aliphatic carbocycles. The van der Waals surface area contributed by atoms with Crippen LogP contribution in [0.1, 0.15) is 26.2 Å². The zero-order valence-corrected chi connectivity index (χ0v) is 6.81. The highest BCUT2D eigenvalue weighted by Crippen LogP contribution is 2.15.